The van der Waals surface area contributed by atoms with E-state index in [0.717, 1.165) is 28.7 Å². The van der Waals surface area contributed by atoms with E-state index in [-0.39, 0.29) is 31.3 Å². The first-order valence-electron chi connectivity index (χ1n) is 10.3. The molecule has 1 amide bonds. The summed E-state index contributed by atoms with van der Waals surface area (Å²) in [5, 5.41) is 13.6. The van der Waals surface area contributed by atoms with E-state index in [1.165, 1.54) is 0 Å². The first-order chi connectivity index (χ1) is 15.2. The van der Waals surface area contributed by atoms with Crippen molar-refractivity contribution in [2.24, 2.45) is 5.92 Å². The molecule has 8 heteroatoms. The zero-order valence-electron chi connectivity index (χ0n) is 17.2. The van der Waals surface area contributed by atoms with Gasteiger partial charge < -0.3 is 24.0 Å². The van der Waals surface area contributed by atoms with Gasteiger partial charge in [0.05, 0.1) is 12.6 Å². The maximum Gasteiger partial charge on any atom is 0.258 e. The third-order valence-corrected chi connectivity index (χ3v) is 5.99. The fourth-order valence-electron chi connectivity index (χ4n) is 4.69. The average Bonchev–Trinajstić information content (AvgIpc) is 3.48. The fraction of sp³-hybridized carbons (Fsp3) is 0.348. The highest BCUT2D eigenvalue weighted by molar-refractivity contribution is 5.81. The summed E-state index contributed by atoms with van der Waals surface area (Å²) in [4.78, 5) is 18.8. The van der Waals surface area contributed by atoms with Gasteiger partial charge in [-0.2, -0.15) is 4.98 Å². The number of carbonyl (C=O) groups is 1. The molecule has 31 heavy (non-hydrogen) atoms. The highest BCUT2D eigenvalue weighted by Gasteiger charge is 2.46. The van der Waals surface area contributed by atoms with Gasteiger partial charge in [-0.3, -0.25) is 4.79 Å². The lowest BCUT2D eigenvalue weighted by atomic mass is 10.0. The number of ether oxygens (including phenoxy) is 2. The topological polar surface area (TPSA) is 97.9 Å². The number of carbonyl (C=O) groups excluding carboxylic acids is 1. The number of hydrogen-bond donors (Lipinski definition) is 1. The summed E-state index contributed by atoms with van der Waals surface area (Å²) in [5.41, 5.74) is 4.00. The Morgan fingerprint density at radius 2 is 2.03 bits per heavy atom. The maximum atomic E-state index is 12.3. The normalized spacial score (nSPS) is 19.5. The van der Waals surface area contributed by atoms with E-state index in [1.54, 1.807) is 12.0 Å². The number of benzene rings is 2. The van der Waals surface area contributed by atoms with Crippen molar-refractivity contribution < 1.29 is 23.9 Å². The van der Waals surface area contributed by atoms with Crippen LogP contribution in [0.4, 0.5) is 0 Å². The zero-order chi connectivity index (χ0) is 21.4. The fourth-order valence-corrected chi connectivity index (χ4v) is 4.69. The first kappa shape index (κ1) is 19.7. The molecule has 1 aliphatic heterocycles. The van der Waals surface area contributed by atoms with E-state index >= 15 is 0 Å². The van der Waals surface area contributed by atoms with Crippen LogP contribution in [0.1, 0.15) is 23.6 Å². The number of amides is 1. The minimum Gasteiger partial charge on any atom is -0.468 e. The molecule has 2 aliphatic rings. The first-order valence-corrected chi connectivity index (χ1v) is 10.3. The van der Waals surface area contributed by atoms with Crippen LogP contribution in [0, 0.1) is 5.92 Å². The molecule has 8 nitrogen and oxygen atoms in total. The molecule has 0 bridgehead atoms. The second-order valence-corrected chi connectivity index (χ2v) is 7.80. The van der Waals surface area contributed by atoms with Crippen molar-refractivity contribution in [1.29, 1.82) is 0 Å². The Morgan fingerprint density at radius 3 is 2.81 bits per heavy atom. The van der Waals surface area contributed by atoms with Crippen LogP contribution in [0.3, 0.4) is 0 Å². The van der Waals surface area contributed by atoms with E-state index in [2.05, 4.69) is 16.2 Å². The molecular weight excluding hydrogens is 398 g/mol. The molecule has 5 rings (SSSR count). The summed E-state index contributed by atoms with van der Waals surface area (Å²) >= 11 is 0. The second-order valence-electron chi connectivity index (χ2n) is 7.80. The summed E-state index contributed by atoms with van der Waals surface area (Å²) in [7, 11) is 1.57. The van der Waals surface area contributed by atoms with E-state index in [4.69, 9.17) is 14.0 Å². The molecule has 1 aromatic heterocycles. The number of methoxy groups -OCH3 is 1. The van der Waals surface area contributed by atoms with Gasteiger partial charge in [0.1, 0.15) is 5.75 Å². The Hall–Kier alpha value is -3.23. The van der Waals surface area contributed by atoms with Crippen molar-refractivity contribution in [3.63, 3.8) is 0 Å². The highest BCUT2D eigenvalue weighted by atomic mass is 16.7. The largest absolute Gasteiger partial charge is 0.468 e. The van der Waals surface area contributed by atoms with Crippen LogP contribution < -0.4 is 4.74 Å². The predicted octanol–water partition coefficient (Wildman–Crippen LogP) is 2.82. The maximum absolute atomic E-state index is 12.3. The number of β-amino-alcohol motifs (C(OH)–C–C–N with tert-alkyl or cyclic N) is 1. The molecule has 1 N–H and O–H groups in total. The quantitative estimate of drug-likeness (QED) is 0.586. The molecule has 1 saturated heterocycles. The Balaban J connectivity index is 1.43. The Kier molecular flexibility index (Phi) is 5.17. The second kappa shape index (κ2) is 8.13. The molecule has 2 aromatic carbocycles. The summed E-state index contributed by atoms with van der Waals surface area (Å²) in [6, 6.07) is 13.4. The van der Waals surface area contributed by atoms with E-state index in [0.29, 0.717) is 30.4 Å². The molecule has 0 unspecified atom stereocenters. The van der Waals surface area contributed by atoms with E-state index in [9.17, 15) is 9.90 Å². The molecule has 1 fully saturated rings. The van der Waals surface area contributed by atoms with Crippen molar-refractivity contribution in [2.75, 3.05) is 27.1 Å². The number of rotatable bonds is 7. The Bertz CT molecular complexity index is 1090. The number of likely N-dealkylation sites (tertiary alicyclic amines) is 1. The lowest BCUT2D eigenvalue weighted by Crippen LogP contribution is -2.30. The number of aliphatic hydroxyl groups is 1. The van der Waals surface area contributed by atoms with Gasteiger partial charge in [-0.15, -0.1) is 0 Å². The average molecular weight is 421 g/mol. The number of aliphatic hydroxyl groups excluding tert-OH is 1. The van der Waals surface area contributed by atoms with Crippen LogP contribution in [0.25, 0.3) is 22.8 Å². The summed E-state index contributed by atoms with van der Waals surface area (Å²) in [6.45, 7) is 0.514. The van der Waals surface area contributed by atoms with Gasteiger partial charge in [-0.05, 0) is 47.7 Å². The van der Waals surface area contributed by atoms with Crippen molar-refractivity contribution in [1.82, 2.24) is 15.0 Å². The smallest absolute Gasteiger partial charge is 0.258 e. The highest BCUT2D eigenvalue weighted by Crippen LogP contribution is 2.49. The third-order valence-electron chi connectivity index (χ3n) is 5.99. The van der Waals surface area contributed by atoms with Crippen LogP contribution in [0.2, 0.25) is 0 Å². The van der Waals surface area contributed by atoms with E-state index in [1.807, 2.05) is 36.4 Å². The number of aromatic nitrogens is 2. The van der Waals surface area contributed by atoms with Crippen molar-refractivity contribution >= 4 is 5.91 Å². The molecular formula is C23H23N3O5. The predicted molar refractivity (Wildman–Crippen MR) is 111 cm³/mol. The molecule has 3 aromatic rings. The van der Waals surface area contributed by atoms with Crippen LogP contribution in [0.15, 0.2) is 47.0 Å². The standard InChI is InChI=1S/C23H23N3O5/c1-29-13-30-16-7-5-14(6-8-16)23-24-22(25-31-23)18-4-2-3-17-19(18)11-15-12-20(28)26(9-10-27)21(15)17/h2-8,15,21,27H,9-13H2,1H3/t15-,21+/m0/s1. The van der Waals surface area contributed by atoms with Gasteiger partial charge in [0.2, 0.25) is 11.7 Å². The van der Waals surface area contributed by atoms with Gasteiger partial charge >= 0.3 is 0 Å². The summed E-state index contributed by atoms with van der Waals surface area (Å²) in [6.07, 6.45) is 1.30. The molecule has 1 aliphatic carbocycles. The minimum atomic E-state index is -0.0342. The molecule has 0 saturated carbocycles. The molecule has 0 spiro atoms. The minimum absolute atomic E-state index is 0.0145. The monoisotopic (exact) mass is 421 g/mol. The number of nitrogens with zero attached hydrogens (tertiary/aromatic N) is 3. The van der Waals surface area contributed by atoms with Crippen LogP contribution >= 0.6 is 0 Å². The van der Waals surface area contributed by atoms with Crippen LogP contribution in [-0.4, -0.2) is 53.1 Å². The van der Waals surface area contributed by atoms with Crippen molar-refractivity contribution in [3.05, 3.63) is 53.6 Å². The summed E-state index contributed by atoms with van der Waals surface area (Å²) in [5.74, 6) is 1.99. The van der Waals surface area contributed by atoms with Gasteiger partial charge in [-0.1, -0.05) is 23.4 Å². The molecule has 160 valence electrons. The molecule has 2 heterocycles. The zero-order valence-corrected chi connectivity index (χ0v) is 17.2. The van der Waals surface area contributed by atoms with Gasteiger partial charge in [-0.25, -0.2) is 0 Å². The number of hydrogen-bond acceptors (Lipinski definition) is 7. The Morgan fingerprint density at radius 1 is 1.19 bits per heavy atom. The van der Waals surface area contributed by atoms with Gasteiger partial charge in [0, 0.05) is 31.2 Å². The van der Waals surface area contributed by atoms with Crippen molar-refractivity contribution in [3.8, 4) is 28.6 Å². The molecule has 2 atom stereocenters. The van der Waals surface area contributed by atoms with Crippen molar-refractivity contribution in [2.45, 2.75) is 18.9 Å². The lowest BCUT2D eigenvalue weighted by molar-refractivity contribution is -0.129. The SMILES string of the molecule is COCOc1ccc(-c2nc(-c3cccc4c3C[C@H]3CC(=O)N(CCO)[C@@H]43)no2)cc1. The lowest BCUT2D eigenvalue weighted by Gasteiger charge is -2.24. The van der Waals surface area contributed by atoms with Crippen LogP contribution in [0.5, 0.6) is 5.75 Å². The third kappa shape index (κ3) is 3.47. The molecule has 0 radical (unpaired) electrons. The van der Waals surface area contributed by atoms with E-state index < -0.39 is 0 Å². The summed E-state index contributed by atoms with van der Waals surface area (Å²) < 4.78 is 15.8. The Labute approximate surface area is 179 Å². The van der Waals surface area contributed by atoms with Crippen LogP contribution in [-0.2, 0) is 16.0 Å². The van der Waals surface area contributed by atoms with Gasteiger partial charge in [0.15, 0.2) is 6.79 Å². The van der Waals surface area contributed by atoms with Gasteiger partial charge in [0.25, 0.3) is 5.89 Å². The number of fused-ring (bicyclic) bond motifs is 3.